The molecule has 1 aliphatic rings. The summed E-state index contributed by atoms with van der Waals surface area (Å²) in [5, 5.41) is 7.13. The zero-order chi connectivity index (χ0) is 20.2. The van der Waals surface area contributed by atoms with Gasteiger partial charge in [0.1, 0.15) is 23.7 Å². The molecule has 1 fully saturated rings. The van der Waals surface area contributed by atoms with Crippen LogP contribution in [0.25, 0.3) is 0 Å². The molecule has 2 rings (SSSR count). The number of hydrogen-bond acceptors (Lipinski definition) is 4. The van der Waals surface area contributed by atoms with E-state index in [0.717, 1.165) is 24.6 Å². The number of amides is 5. The number of nitrogens with zero attached hydrogens (tertiary/aromatic N) is 1. The van der Waals surface area contributed by atoms with E-state index < -0.39 is 47.5 Å². The molecule has 5 amide bonds. The topological polar surface area (TPSA) is 108 Å². The van der Waals surface area contributed by atoms with Gasteiger partial charge < -0.3 is 16.0 Å². The molecule has 10 heteroatoms. The Balaban J connectivity index is 2.06. The number of hydrogen-bond donors (Lipinski definition) is 3. The fraction of sp³-hybridized carbons (Fsp3) is 0.412. The molecule has 1 aromatic carbocycles. The van der Waals surface area contributed by atoms with Crippen LogP contribution in [0.15, 0.2) is 18.2 Å². The lowest BCUT2D eigenvalue weighted by Gasteiger charge is -2.22. The van der Waals surface area contributed by atoms with Crippen molar-refractivity contribution in [1.82, 2.24) is 20.9 Å². The van der Waals surface area contributed by atoms with E-state index in [1.807, 2.05) is 6.92 Å². The van der Waals surface area contributed by atoms with Crippen LogP contribution in [-0.2, 0) is 19.9 Å². The lowest BCUT2D eigenvalue weighted by atomic mass is 9.91. The average molecular weight is 382 g/mol. The van der Waals surface area contributed by atoms with Crippen LogP contribution >= 0.6 is 0 Å². The van der Waals surface area contributed by atoms with Crippen molar-refractivity contribution in [3.05, 3.63) is 35.4 Å². The van der Waals surface area contributed by atoms with Gasteiger partial charge in [-0.25, -0.2) is 13.6 Å². The summed E-state index contributed by atoms with van der Waals surface area (Å²) in [7, 11) is 0. The summed E-state index contributed by atoms with van der Waals surface area (Å²) in [6, 6.07) is 1.63. The van der Waals surface area contributed by atoms with Crippen molar-refractivity contribution >= 4 is 23.8 Å². The fourth-order valence-corrected chi connectivity index (χ4v) is 2.61. The predicted octanol–water partition coefficient (Wildman–Crippen LogP) is 0.374. The van der Waals surface area contributed by atoms with Gasteiger partial charge in [0.2, 0.25) is 11.8 Å². The Hall–Kier alpha value is -3.04. The van der Waals surface area contributed by atoms with Crippen molar-refractivity contribution in [1.29, 1.82) is 0 Å². The summed E-state index contributed by atoms with van der Waals surface area (Å²) in [5.74, 6) is -3.69. The highest BCUT2D eigenvalue weighted by Gasteiger charge is 2.50. The Morgan fingerprint density at radius 1 is 1.19 bits per heavy atom. The Morgan fingerprint density at radius 3 is 2.56 bits per heavy atom. The van der Waals surface area contributed by atoms with Gasteiger partial charge >= 0.3 is 6.03 Å². The molecule has 0 radical (unpaired) electrons. The van der Waals surface area contributed by atoms with Crippen LogP contribution in [0.3, 0.4) is 0 Å². The standard InChI is InChI=1S/C17H20F2N4O4/c1-3-6-20-13(24)8-21-14(25)9-23-15(26)17(2,22-16(23)27)11-7-10(18)4-5-12(11)19/h4-5,7H,3,6,8-9H2,1-2H3,(H,20,24)(H,21,25)(H,22,27)/t17-/m1/s1. The zero-order valence-electron chi connectivity index (χ0n) is 14.9. The number of carbonyl (C=O) groups excluding carboxylic acids is 4. The third-order valence-corrected chi connectivity index (χ3v) is 4.06. The van der Waals surface area contributed by atoms with E-state index in [2.05, 4.69) is 16.0 Å². The van der Waals surface area contributed by atoms with Crippen LogP contribution < -0.4 is 16.0 Å². The summed E-state index contributed by atoms with van der Waals surface area (Å²) in [6.07, 6.45) is 0.733. The van der Waals surface area contributed by atoms with E-state index in [1.54, 1.807) is 0 Å². The molecule has 146 valence electrons. The molecular weight excluding hydrogens is 362 g/mol. The molecule has 0 spiro atoms. The van der Waals surface area contributed by atoms with E-state index in [0.29, 0.717) is 11.4 Å². The smallest absolute Gasteiger partial charge is 0.325 e. The number of rotatable bonds is 7. The summed E-state index contributed by atoms with van der Waals surface area (Å²) < 4.78 is 27.5. The molecular formula is C17H20F2N4O4. The zero-order valence-corrected chi connectivity index (χ0v) is 14.9. The fourth-order valence-electron chi connectivity index (χ4n) is 2.61. The van der Waals surface area contributed by atoms with E-state index in [-0.39, 0.29) is 12.1 Å². The summed E-state index contributed by atoms with van der Waals surface area (Å²) in [4.78, 5) is 48.7. The van der Waals surface area contributed by atoms with Crippen molar-refractivity contribution in [2.24, 2.45) is 0 Å². The monoisotopic (exact) mass is 382 g/mol. The van der Waals surface area contributed by atoms with Gasteiger partial charge in [-0.05, 0) is 31.5 Å². The molecule has 1 atom stereocenters. The van der Waals surface area contributed by atoms with Crippen molar-refractivity contribution < 1.29 is 28.0 Å². The Morgan fingerprint density at radius 2 is 1.89 bits per heavy atom. The van der Waals surface area contributed by atoms with Gasteiger partial charge in [0.15, 0.2) is 0 Å². The second-order valence-electron chi connectivity index (χ2n) is 6.20. The molecule has 27 heavy (non-hydrogen) atoms. The highest BCUT2D eigenvalue weighted by atomic mass is 19.1. The minimum atomic E-state index is -1.85. The number of nitrogens with one attached hydrogen (secondary N) is 3. The molecule has 1 heterocycles. The van der Waals surface area contributed by atoms with Gasteiger partial charge in [-0.3, -0.25) is 19.3 Å². The lowest BCUT2D eigenvalue weighted by Crippen LogP contribution is -2.45. The molecule has 1 saturated heterocycles. The third kappa shape index (κ3) is 4.39. The highest BCUT2D eigenvalue weighted by molar-refractivity contribution is 6.09. The quantitative estimate of drug-likeness (QED) is 0.593. The molecule has 8 nitrogen and oxygen atoms in total. The second kappa shape index (κ2) is 8.11. The van der Waals surface area contributed by atoms with Gasteiger partial charge in [-0.15, -0.1) is 0 Å². The Labute approximate surface area is 154 Å². The van der Waals surface area contributed by atoms with Gasteiger partial charge in [-0.1, -0.05) is 6.92 Å². The van der Waals surface area contributed by atoms with E-state index in [4.69, 9.17) is 0 Å². The lowest BCUT2D eigenvalue weighted by molar-refractivity contribution is -0.135. The number of benzene rings is 1. The van der Waals surface area contributed by atoms with E-state index in [9.17, 15) is 28.0 Å². The molecule has 0 bridgehead atoms. The van der Waals surface area contributed by atoms with E-state index >= 15 is 0 Å². The first-order chi connectivity index (χ1) is 12.7. The maximum atomic E-state index is 14.1. The summed E-state index contributed by atoms with van der Waals surface area (Å²) in [5.41, 5.74) is -2.19. The van der Waals surface area contributed by atoms with Crippen LogP contribution in [0.2, 0.25) is 0 Å². The molecule has 3 N–H and O–H groups in total. The van der Waals surface area contributed by atoms with Crippen molar-refractivity contribution in [3.63, 3.8) is 0 Å². The van der Waals surface area contributed by atoms with Crippen molar-refractivity contribution in [3.8, 4) is 0 Å². The van der Waals surface area contributed by atoms with E-state index in [1.165, 1.54) is 6.92 Å². The van der Waals surface area contributed by atoms with Crippen LogP contribution in [0.4, 0.5) is 13.6 Å². The molecule has 0 aliphatic carbocycles. The maximum Gasteiger partial charge on any atom is 0.325 e. The van der Waals surface area contributed by atoms with Gasteiger partial charge in [0, 0.05) is 12.1 Å². The van der Waals surface area contributed by atoms with Gasteiger partial charge in [-0.2, -0.15) is 0 Å². The highest BCUT2D eigenvalue weighted by Crippen LogP contribution is 2.31. The normalized spacial score (nSPS) is 19.0. The van der Waals surface area contributed by atoms with Crippen molar-refractivity contribution in [2.75, 3.05) is 19.6 Å². The second-order valence-corrected chi connectivity index (χ2v) is 6.20. The Bertz CT molecular complexity index is 786. The summed E-state index contributed by atoms with van der Waals surface area (Å²) >= 11 is 0. The van der Waals surface area contributed by atoms with Gasteiger partial charge in [0.05, 0.1) is 6.54 Å². The average Bonchev–Trinajstić information content (AvgIpc) is 2.84. The molecule has 0 aromatic heterocycles. The number of halogens is 2. The number of urea groups is 1. The molecule has 0 saturated carbocycles. The Kier molecular flexibility index (Phi) is 6.09. The van der Waals surface area contributed by atoms with Gasteiger partial charge in [0.25, 0.3) is 5.91 Å². The largest absolute Gasteiger partial charge is 0.355 e. The first-order valence-electron chi connectivity index (χ1n) is 8.32. The minimum absolute atomic E-state index is 0.307. The third-order valence-electron chi connectivity index (χ3n) is 4.06. The number of imide groups is 1. The molecule has 1 aliphatic heterocycles. The van der Waals surface area contributed by atoms with Crippen LogP contribution in [0.5, 0.6) is 0 Å². The number of carbonyl (C=O) groups is 4. The molecule has 1 aromatic rings. The maximum absolute atomic E-state index is 14.1. The van der Waals surface area contributed by atoms with Crippen LogP contribution in [-0.4, -0.2) is 48.3 Å². The molecule has 0 unspecified atom stereocenters. The summed E-state index contributed by atoms with van der Waals surface area (Å²) in [6.45, 7) is 2.59. The van der Waals surface area contributed by atoms with Crippen LogP contribution in [0, 0.1) is 11.6 Å². The SMILES string of the molecule is CCCNC(=O)CNC(=O)CN1C(=O)N[C@](C)(c2cc(F)ccc2F)C1=O. The predicted molar refractivity (Wildman–Crippen MR) is 90.3 cm³/mol. The first-order valence-corrected chi connectivity index (χ1v) is 8.32. The minimum Gasteiger partial charge on any atom is -0.355 e. The van der Waals surface area contributed by atoms with Crippen molar-refractivity contribution in [2.45, 2.75) is 25.8 Å². The first kappa shape index (κ1) is 20.3. The van der Waals surface area contributed by atoms with Crippen LogP contribution in [0.1, 0.15) is 25.8 Å².